The van der Waals surface area contributed by atoms with Gasteiger partial charge in [0, 0.05) is 36.1 Å². The van der Waals surface area contributed by atoms with Gasteiger partial charge in [0.15, 0.2) is 5.60 Å². The Bertz CT molecular complexity index is 1030. The number of benzene rings is 1. The number of aliphatic carboxylic acids is 3. The predicted molar refractivity (Wildman–Crippen MR) is 143 cm³/mol. The summed E-state index contributed by atoms with van der Waals surface area (Å²) >= 11 is 1.85. The average molecular weight is 549 g/mol. The maximum atomic E-state index is 12.6. The van der Waals surface area contributed by atoms with E-state index in [0.29, 0.717) is 12.5 Å². The second kappa shape index (κ2) is 15.2. The van der Waals surface area contributed by atoms with Crippen LogP contribution in [0.4, 0.5) is 5.69 Å². The summed E-state index contributed by atoms with van der Waals surface area (Å²) in [6.45, 7) is 5.31. The van der Waals surface area contributed by atoms with E-state index in [9.17, 15) is 19.2 Å². The largest absolute Gasteiger partial charge is 0.481 e. The highest BCUT2D eigenvalue weighted by Crippen LogP contribution is 2.25. The lowest BCUT2D eigenvalue weighted by molar-refractivity contribution is -0.170. The fraction of sp³-hybridized carbons (Fsp3) is 0.481. The maximum Gasteiger partial charge on any atom is 0.336 e. The van der Waals surface area contributed by atoms with Gasteiger partial charge in [0.2, 0.25) is 5.91 Å². The van der Waals surface area contributed by atoms with Gasteiger partial charge in [0.05, 0.1) is 12.8 Å². The number of likely N-dealkylation sites (tertiary alicyclic amines) is 1. The second-order valence-electron chi connectivity index (χ2n) is 9.19. The van der Waals surface area contributed by atoms with Crippen LogP contribution < -0.4 is 4.90 Å². The SMILES string of the molecule is CCC(=O)N(c1ccccc1)C1CCCN(CCc2cccs2)CC1.O=C(O)CC(O)(CC(=O)O)C(=O)O. The molecule has 0 radical (unpaired) electrons. The zero-order valence-electron chi connectivity index (χ0n) is 21.5. The van der Waals surface area contributed by atoms with Crippen LogP contribution in [0.1, 0.15) is 50.3 Å². The van der Waals surface area contributed by atoms with E-state index in [2.05, 4.69) is 39.4 Å². The fourth-order valence-electron chi connectivity index (χ4n) is 4.37. The van der Waals surface area contributed by atoms with Crippen molar-refractivity contribution in [2.75, 3.05) is 24.5 Å². The molecule has 1 unspecified atom stereocenters. The molecule has 11 heteroatoms. The van der Waals surface area contributed by atoms with E-state index < -0.39 is 36.4 Å². The van der Waals surface area contributed by atoms with Crippen LogP contribution in [0.2, 0.25) is 0 Å². The molecular formula is C27H36N2O8S. The van der Waals surface area contributed by atoms with Crippen molar-refractivity contribution in [1.82, 2.24) is 4.90 Å². The molecule has 1 aromatic heterocycles. The molecule has 2 aromatic rings. The molecule has 4 N–H and O–H groups in total. The quantitative estimate of drug-likeness (QED) is 0.331. The summed E-state index contributed by atoms with van der Waals surface area (Å²) in [4.78, 5) is 49.2. The number of carboxylic acid groups (broad SMARTS) is 3. The molecule has 1 fully saturated rings. The smallest absolute Gasteiger partial charge is 0.336 e. The number of hydrogen-bond acceptors (Lipinski definition) is 7. The maximum absolute atomic E-state index is 12.6. The minimum absolute atomic E-state index is 0.239. The molecule has 3 rings (SSSR count). The molecule has 0 aliphatic carbocycles. The predicted octanol–water partition coefficient (Wildman–Crippen LogP) is 3.34. The Kier molecular flexibility index (Phi) is 12.4. The molecule has 1 aliphatic heterocycles. The Labute approximate surface area is 226 Å². The number of rotatable bonds is 11. The van der Waals surface area contributed by atoms with Gasteiger partial charge in [-0.1, -0.05) is 31.2 Å². The topological polar surface area (TPSA) is 156 Å². The molecule has 0 saturated carbocycles. The third-order valence-corrected chi connectivity index (χ3v) is 7.24. The molecule has 1 aromatic carbocycles. The van der Waals surface area contributed by atoms with Gasteiger partial charge in [-0.3, -0.25) is 14.4 Å². The first kappa shape index (κ1) is 30.9. The van der Waals surface area contributed by atoms with Crippen molar-refractivity contribution in [3.63, 3.8) is 0 Å². The van der Waals surface area contributed by atoms with Gasteiger partial charge in [-0.15, -0.1) is 11.3 Å². The summed E-state index contributed by atoms with van der Waals surface area (Å²) < 4.78 is 0. The van der Waals surface area contributed by atoms with Crippen LogP contribution in [-0.2, 0) is 25.6 Å². The van der Waals surface area contributed by atoms with Crippen LogP contribution in [0, 0.1) is 0 Å². The number of nitrogens with zero attached hydrogens (tertiary/aromatic N) is 2. The normalized spacial score (nSPS) is 16.0. The van der Waals surface area contributed by atoms with Crippen LogP contribution in [0.5, 0.6) is 0 Å². The summed E-state index contributed by atoms with van der Waals surface area (Å²) in [6.07, 6.45) is 2.73. The molecule has 1 atom stereocenters. The first-order valence-corrected chi connectivity index (χ1v) is 13.4. The van der Waals surface area contributed by atoms with Gasteiger partial charge >= 0.3 is 17.9 Å². The van der Waals surface area contributed by atoms with E-state index in [1.165, 1.54) is 4.88 Å². The molecule has 10 nitrogen and oxygen atoms in total. The first-order chi connectivity index (χ1) is 18.1. The summed E-state index contributed by atoms with van der Waals surface area (Å²) in [7, 11) is 0. The highest BCUT2D eigenvalue weighted by atomic mass is 32.1. The van der Waals surface area contributed by atoms with Gasteiger partial charge in [-0.25, -0.2) is 4.79 Å². The van der Waals surface area contributed by atoms with Crippen LogP contribution >= 0.6 is 11.3 Å². The average Bonchev–Trinajstić information content (AvgIpc) is 3.28. The van der Waals surface area contributed by atoms with Crippen molar-refractivity contribution in [1.29, 1.82) is 0 Å². The van der Waals surface area contributed by atoms with Crippen molar-refractivity contribution in [2.45, 2.75) is 63.5 Å². The molecule has 1 amide bonds. The van der Waals surface area contributed by atoms with E-state index >= 15 is 0 Å². The summed E-state index contributed by atoms with van der Waals surface area (Å²) in [5.74, 6) is -4.78. The molecule has 1 aliphatic rings. The van der Waals surface area contributed by atoms with Gasteiger partial charge in [-0.05, 0) is 55.8 Å². The highest BCUT2D eigenvalue weighted by molar-refractivity contribution is 7.09. The van der Waals surface area contributed by atoms with E-state index in [0.717, 1.165) is 51.0 Å². The summed E-state index contributed by atoms with van der Waals surface area (Å²) in [5.41, 5.74) is -1.69. The number of para-hydroxylation sites is 1. The summed E-state index contributed by atoms with van der Waals surface area (Å²) in [6, 6.07) is 14.9. The van der Waals surface area contributed by atoms with Crippen molar-refractivity contribution in [3.05, 3.63) is 52.7 Å². The number of thiophene rings is 1. The van der Waals surface area contributed by atoms with E-state index in [-0.39, 0.29) is 5.91 Å². The Morgan fingerprint density at radius 1 is 0.974 bits per heavy atom. The van der Waals surface area contributed by atoms with Gasteiger partial charge in [0.25, 0.3) is 0 Å². The third-order valence-electron chi connectivity index (χ3n) is 6.30. The number of carbonyl (C=O) groups is 4. The second-order valence-corrected chi connectivity index (χ2v) is 10.2. The lowest BCUT2D eigenvalue weighted by atomic mass is 9.96. The van der Waals surface area contributed by atoms with Crippen molar-refractivity contribution >= 4 is 40.8 Å². The number of anilines is 1. The number of carboxylic acids is 3. The van der Waals surface area contributed by atoms with Gasteiger partial charge in [-0.2, -0.15) is 0 Å². The van der Waals surface area contributed by atoms with Gasteiger partial charge in [0.1, 0.15) is 0 Å². The van der Waals surface area contributed by atoms with E-state index in [4.69, 9.17) is 20.4 Å². The number of hydrogen-bond donors (Lipinski definition) is 4. The fourth-order valence-corrected chi connectivity index (χ4v) is 5.07. The molecule has 38 heavy (non-hydrogen) atoms. The zero-order chi connectivity index (χ0) is 28.1. The lowest BCUT2D eigenvalue weighted by Gasteiger charge is -2.31. The molecule has 1 saturated heterocycles. The lowest BCUT2D eigenvalue weighted by Crippen LogP contribution is -2.42. The third kappa shape index (κ3) is 9.88. The van der Waals surface area contributed by atoms with Gasteiger partial charge < -0.3 is 30.2 Å². The van der Waals surface area contributed by atoms with E-state index in [1.54, 1.807) is 0 Å². The molecule has 0 spiro atoms. The van der Waals surface area contributed by atoms with Crippen molar-refractivity contribution in [3.8, 4) is 0 Å². The molecule has 2 heterocycles. The monoisotopic (exact) mass is 548 g/mol. The number of aliphatic hydroxyl groups is 1. The minimum atomic E-state index is -2.74. The van der Waals surface area contributed by atoms with Crippen LogP contribution in [0.3, 0.4) is 0 Å². The van der Waals surface area contributed by atoms with Crippen molar-refractivity contribution in [2.24, 2.45) is 0 Å². The van der Waals surface area contributed by atoms with Crippen LogP contribution in [-0.4, -0.2) is 80.4 Å². The Morgan fingerprint density at radius 2 is 1.63 bits per heavy atom. The van der Waals surface area contributed by atoms with Crippen molar-refractivity contribution < 1.29 is 39.6 Å². The highest BCUT2D eigenvalue weighted by Gasteiger charge is 2.40. The Balaban J connectivity index is 0.000000332. The van der Waals surface area contributed by atoms with E-state index in [1.807, 2.05) is 36.5 Å². The van der Waals surface area contributed by atoms with Crippen LogP contribution in [0.15, 0.2) is 47.8 Å². The standard InChI is InChI=1S/C21H28N2OS.C6H8O7/c1-2-21(24)23(18-8-4-3-5-9-18)19-10-6-14-22(15-12-19)16-13-20-11-7-17-25-20;7-3(8)1-6(13,5(11)12)2-4(9)10/h3-5,7-9,11,17,19H,2,6,10,12-16H2,1H3;13H,1-2H2,(H,7,8)(H,9,10)(H,11,12). The number of carbonyl (C=O) groups excluding carboxylic acids is 1. The zero-order valence-corrected chi connectivity index (χ0v) is 22.3. The Hall–Kier alpha value is -3.28. The first-order valence-electron chi connectivity index (χ1n) is 12.6. The van der Waals surface area contributed by atoms with Crippen LogP contribution in [0.25, 0.3) is 0 Å². The number of amides is 1. The molecule has 208 valence electrons. The Morgan fingerprint density at radius 3 is 2.16 bits per heavy atom. The minimum Gasteiger partial charge on any atom is -0.481 e. The molecular weight excluding hydrogens is 512 g/mol. The summed E-state index contributed by atoms with van der Waals surface area (Å²) in [5, 5.41) is 36.0. The molecule has 0 bridgehead atoms.